The molecule has 0 spiro atoms. The van der Waals surface area contributed by atoms with Gasteiger partial charge >= 0.3 is 0 Å². The number of sulfonamides is 1. The molecule has 6 rings (SSSR count). The number of nitrogens with one attached hydrogen (secondary N) is 1. The molecule has 0 radical (unpaired) electrons. The second-order valence-electron chi connectivity index (χ2n) is 11.9. The Balaban J connectivity index is 1.09. The molecular formula is C31H42N10O2S. The molecule has 0 saturated carbocycles. The summed E-state index contributed by atoms with van der Waals surface area (Å²) in [5, 5.41) is 8.20. The first kappa shape index (κ1) is 30.4. The summed E-state index contributed by atoms with van der Waals surface area (Å²) in [6.45, 7) is 13.8. The lowest BCUT2D eigenvalue weighted by molar-refractivity contribution is 0.132. The maximum absolute atomic E-state index is 12.9. The van der Waals surface area contributed by atoms with Crippen molar-refractivity contribution in [1.29, 1.82) is 0 Å². The molecular weight excluding hydrogens is 576 g/mol. The van der Waals surface area contributed by atoms with Crippen LogP contribution < -0.4 is 5.32 Å². The highest BCUT2D eigenvalue weighted by molar-refractivity contribution is 7.89. The summed E-state index contributed by atoms with van der Waals surface area (Å²) in [4.78, 5) is 18.4. The van der Waals surface area contributed by atoms with E-state index >= 15 is 0 Å². The fourth-order valence-corrected chi connectivity index (χ4v) is 7.49. The molecule has 13 heteroatoms. The van der Waals surface area contributed by atoms with Gasteiger partial charge in [0.2, 0.25) is 5.95 Å². The number of likely N-dealkylation sites (N-methyl/N-ethyl adjacent to an activating group) is 1. The monoisotopic (exact) mass is 618 g/mol. The molecule has 44 heavy (non-hydrogen) atoms. The highest BCUT2D eigenvalue weighted by atomic mass is 32.2. The Morgan fingerprint density at radius 2 is 1.68 bits per heavy atom. The fourth-order valence-electron chi connectivity index (χ4n) is 6.05. The molecule has 1 aromatic carbocycles. The van der Waals surface area contributed by atoms with E-state index in [1.54, 1.807) is 11.6 Å². The first-order valence-corrected chi connectivity index (χ1v) is 16.8. The van der Waals surface area contributed by atoms with Crippen LogP contribution in [0.2, 0.25) is 0 Å². The van der Waals surface area contributed by atoms with E-state index < -0.39 is 10.0 Å². The van der Waals surface area contributed by atoms with Gasteiger partial charge in [-0.2, -0.15) is 9.40 Å². The van der Waals surface area contributed by atoms with Crippen molar-refractivity contribution >= 4 is 16.0 Å². The molecule has 0 bridgehead atoms. The van der Waals surface area contributed by atoms with Gasteiger partial charge < -0.3 is 14.8 Å². The second-order valence-corrected chi connectivity index (χ2v) is 13.8. The molecule has 0 amide bonds. The van der Waals surface area contributed by atoms with Crippen LogP contribution in [0.3, 0.4) is 0 Å². The number of piperidine rings is 1. The second kappa shape index (κ2) is 12.8. The summed E-state index contributed by atoms with van der Waals surface area (Å²) in [5.74, 6) is 0.532. The molecule has 2 fully saturated rings. The average Bonchev–Trinajstić information content (AvgIpc) is 3.69. The van der Waals surface area contributed by atoms with Crippen molar-refractivity contribution < 1.29 is 8.42 Å². The highest BCUT2D eigenvalue weighted by Gasteiger charge is 2.31. The number of benzene rings is 1. The Kier molecular flexibility index (Phi) is 8.81. The van der Waals surface area contributed by atoms with Gasteiger partial charge in [0, 0.05) is 83.1 Å². The van der Waals surface area contributed by atoms with E-state index in [4.69, 9.17) is 4.98 Å². The summed E-state index contributed by atoms with van der Waals surface area (Å²) in [6, 6.07) is 6.71. The smallest absolute Gasteiger partial charge is 0.262 e. The quantitative estimate of drug-likeness (QED) is 0.302. The Morgan fingerprint density at radius 1 is 0.932 bits per heavy atom. The average molecular weight is 619 g/mol. The molecule has 5 heterocycles. The van der Waals surface area contributed by atoms with Crippen LogP contribution in [0.5, 0.6) is 0 Å². The van der Waals surface area contributed by atoms with Gasteiger partial charge in [-0.1, -0.05) is 19.1 Å². The van der Waals surface area contributed by atoms with Crippen molar-refractivity contribution in [2.75, 3.05) is 51.1 Å². The molecule has 1 N–H and O–H groups in total. The van der Waals surface area contributed by atoms with E-state index in [1.165, 1.54) is 28.0 Å². The minimum atomic E-state index is -3.59. The van der Waals surface area contributed by atoms with E-state index in [9.17, 15) is 8.42 Å². The standard InChI is InChI=1S/C31H42N10O2S/c1-5-38-12-14-39(15-13-38)19-25-6-7-28(23(2)16-25)41-20-26(18-34-41)30-24(3)17-32-31(36-30)35-27-8-10-40(11-9-27)44(42,43)29-21-37(4)22-33-29/h6-7,16-18,20-22,27H,5,8-15,19H2,1-4H3,(H,32,35,36). The normalized spacial score (nSPS) is 17.7. The number of hydrogen-bond acceptors (Lipinski definition) is 9. The minimum Gasteiger partial charge on any atom is -0.351 e. The molecule has 2 aliphatic heterocycles. The van der Waals surface area contributed by atoms with Crippen LogP contribution in [0.1, 0.15) is 36.5 Å². The molecule has 3 aromatic heterocycles. The predicted octanol–water partition coefficient (Wildman–Crippen LogP) is 3.08. The summed E-state index contributed by atoms with van der Waals surface area (Å²) < 4.78 is 30.9. The van der Waals surface area contributed by atoms with Crippen molar-refractivity contribution in [1.82, 2.24) is 43.4 Å². The van der Waals surface area contributed by atoms with Crippen LogP contribution in [0, 0.1) is 13.8 Å². The number of aryl methyl sites for hydroxylation is 3. The number of hydrogen-bond donors (Lipinski definition) is 1. The Morgan fingerprint density at radius 3 is 2.36 bits per heavy atom. The van der Waals surface area contributed by atoms with E-state index in [2.05, 4.69) is 62.2 Å². The van der Waals surface area contributed by atoms with Crippen molar-refractivity contribution in [2.24, 2.45) is 7.05 Å². The molecule has 2 aliphatic rings. The van der Waals surface area contributed by atoms with Crippen LogP contribution in [0.4, 0.5) is 5.95 Å². The van der Waals surface area contributed by atoms with E-state index in [-0.39, 0.29) is 11.1 Å². The van der Waals surface area contributed by atoms with Crippen molar-refractivity contribution in [2.45, 2.75) is 51.2 Å². The third-order valence-corrected chi connectivity index (χ3v) is 10.5. The summed E-state index contributed by atoms with van der Waals surface area (Å²) in [7, 11) is -1.83. The van der Waals surface area contributed by atoms with Crippen molar-refractivity contribution in [3.05, 3.63) is 66.0 Å². The van der Waals surface area contributed by atoms with Gasteiger partial charge in [-0.05, 0) is 56.0 Å². The molecule has 0 atom stereocenters. The number of piperazine rings is 1. The number of anilines is 1. The molecule has 12 nitrogen and oxygen atoms in total. The molecule has 234 valence electrons. The lowest BCUT2D eigenvalue weighted by atomic mass is 10.1. The van der Waals surface area contributed by atoms with Crippen LogP contribution in [0.15, 0.2) is 54.3 Å². The Hall–Kier alpha value is -3.65. The van der Waals surface area contributed by atoms with Crippen molar-refractivity contribution in [3.8, 4) is 16.9 Å². The molecule has 4 aromatic rings. The Labute approximate surface area is 259 Å². The minimum absolute atomic E-state index is 0.0696. The van der Waals surface area contributed by atoms with Gasteiger partial charge in [0.15, 0.2) is 5.03 Å². The van der Waals surface area contributed by atoms with Gasteiger partial charge in [0.25, 0.3) is 10.0 Å². The fraction of sp³-hybridized carbons (Fsp3) is 0.484. The molecule has 0 unspecified atom stereocenters. The number of aromatic nitrogens is 6. The van der Waals surface area contributed by atoms with Gasteiger partial charge in [0.05, 0.1) is 23.9 Å². The number of nitrogens with zero attached hydrogens (tertiary/aromatic N) is 9. The molecule has 2 saturated heterocycles. The van der Waals surface area contributed by atoms with E-state index in [0.29, 0.717) is 31.9 Å². The number of rotatable bonds is 9. The first-order valence-electron chi connectivity index (χ1n) is 15.4. The first-order chi connectivity index (χ1) is 21.2. The topological polar surface area (TPSA) is 117 Å². The van der Waals surface area contributed by atoms with Gasteiger partial charge in [-0.25, -0.2) is 28.1 Å². The van der Waals surface area contributed by atoms with E-state index in [0.717, 1.165) is 61.8 Å². The SMILES string of the molecule is CCN1CCN(Cc2ccc(-n3cc(-c4nc(NC5CCN(S(=O)(=O)c6cn(C)cn6)CC5)ncc4C)cn3)c(C)c2)CC1. The number of imidazole rings is 1. The van der Waals surface area contributed by atoms with Gasteiger partial charge in [-0.3, -0.25) is 4.90 Å². The summed E-state index contributed by atoms with van der Waals surface area (Å²) in [5.41, 5.74) is 6.26. The van der Waals surface area contributed by atoms with Crippen LogP contribution >= 0.6 is 0 Å². The third-order valence-electron chi connectivity index (χ3n) is 8.73. The summed E-state index contributed by atoms with van der Waals surface area (Å²) in [6.07, 6.45) is 10.0. The van der Waals surface area contributed by atoms with Crippen molar-refractivity contribution in [3.63, 3.8) is 0 Å². The van der Waals surface area contributed by atoms with Crippen LogP contribution in [-0.2, 0) is 23.6 Å². The zero-order valence-corrected chi connectivity index (χ0v) is 26.8. The van der Waals surface area contributed by atoms with E-state index in [1.807, 2.05) is 30.2 Å². The zero-order valence-electron chi connectivity index (χ0n) is 26.0. The molecule has 0 aliphatic carbocycles. The van der Waals surface area contributed by atoms with Gasteiger partial charge in [-0.15, -0.1) is 0 Å². The lowest BCUT2D eigenvalue weighted by Crippen LogP contribution is -2.45. The van der Waals surface area contributed by atoms with Crippen LogP contribution in [0.25, 0.3) is 16.9 Å². The summed E-state index contributed by atoms with van der Waals surface area (Å²) >= 11 is 0. The predicted molar refractivity (Wildman–Crippen MR) is 170 cm³/mol. The maximum Gasteiger partial charge on any atom is 0.262 e. The lowest BCUT2D eigenvalue weighted by Gasteiger charge is -2.34. The Bertz CT molecular complexity index is 1700. The third kappa shape index (κ3) is 6.55. The largest absolute Gasteiger partial charge is 0.351 e. The van der Waals surface area contributed by atoms with Gasteiger partial charge in [0.1, 0.15) is 0 Å². The maximum atomic E-state index is 12.9. The highest BCUT2D eigenvalue weighted by Crippen LogP contribution is 2.26. The van der Waals surface area contributed by atoms with Crippen LogP contribution in [-0.4, -0.2) is 104 Å². The zero-order chi connectivity index (χ0) is 30.8.